The van der Waals surface area contributed by atoms with E-state index in [-0.39, 0.29) is 22.6 Å². The van der Waals surface area contributed by atoms with Gasteiger partial charge in [-0.1, -0.05) is 24.9 Å². The van der Waals surface area contributed by atoms with E-state index in [1.54, 1.807) is 6.07 Å². The minimum absolute atomic E-state index is 0.0314. The summed E-state index contributed by atoms with van der Waals surface area (Å²) in [6.07, 6.45) is 4.66. The molecular weight excluding hydrogens is 250 g/mol. The van der Waals surface area contributed by atoms with Crippen molar-refractivity contribution in [1.82, 2.24) is 5.32 Å². The van der Waals surface area contributed by atoms with Gasteiger partial charge in [-0.05, 0) is 42.9 Å². The third kappa shape index (κ3) is 2.61. The zero-order valence-corrected chi connectivity index (χ0v) is 11.3. The zero-order chi connectivity index (χ0) is 13.2. The van der Waals surface area contributed by atoms with Crippen LogP contribution in [0.15, 0.2) is 18.2 Å². The Morgan fingerprint density at radius 2 is 2.22 bits per heavy atom. The van der Waals surface area contributed by atoms with Crippen LogP contribution in [0.1, 0.15) is 43.0 Å². The Labute approximate surface area is 112 Å². The molecule has 1 aromatic rings. The van der Waals surface area contributed by atoms with Crippen molar-refractivity contribution in [3.8, 4) is 5.75 Å². The van der Waals surface area contributed by atoms with Crippen LogP contribution >= 0.6 is 11.6 Å². The van der Waals surface area contributed by atoms with Gasteiger partial charge in [-0.15, -0.1) is 0 Å². The van der Waals surface area contributed by atoms with E-state index in [0.29, 0.717) is 11.6 Å². The SMILES string of the molecule is CCC1(CNC(=O)c2cc(Cl)ccc2O)CCC1. The fourth-order valence-electron chi connectivity index (χ4n) is 2.39. The van der Waals surface area contributed by atoms with Crippen molar-refractivity contribution in [2.75, 3.05) is 6.54 Å². The Balaban J connectivity index is 2.01. The number of hydrogen-bond donors (Lipinski definition) is 2. The van der Waals surface area contributed by atoms with Crippen molar-refractivity contribution in [1.29, 1.82) is 0 Å². The molecule has 1 fully saturated rings. The fraction of sp³-hybridized carbons (Fsp3) is 0.500. The summed E-state index contributed by atoms with van der Waals surface area (Å²) >= 11 is 5.83. The molecule has 18 heavy (non-hydrogen) atoms. The molecule has 1 aliphatic rings. The summed E-state index contributed by atoms with van der Waals surface area (Å²) in [5.74, 6) is -0.286. The second-order valence-corrected chi connectivity index (χ2v) is 5.49. The molecule has 0 bridgehead atoms. The third-order valence-corrected chi connectivity index (χ3v) is 4.23. The van der Waals surface area contributed by atoms with Crippen molar-refractivity contribution in [3.63, 3.8) is 0 Å². The largest absolute Gasteiger partial charge is 0.507 e. The van der Waals surface area contributed by atoms with Gasteiger partial charge in [0.2, 0.25) is 0 Å². The van der Waals surface area contributed by atoms with Crippen LogP contribution in [0.3, 0.4) is 0 Å². The summed E-state index contributed by atoms with van der Waals surface area (Å²) in [4.78, 5) is 12.0. The van der Waals surface area contributed by atoms with E-state index < -0.39 is 0 Å². The normalized spacial score (nSPS) is 17.0. The number of benzene rings is 1. The van der Waals surface area contributed by atoms with Crippen molar-refractivity contribution >= 4 is 17.5 Å². The molecule has 98 valence electrons. The molecule has 0 radical (unpaired) electrons. The molecule has 2 N–H and O–H groups in total. The molecule has 1 saturated carbocycles. The third-order valence-electron chi connectivity index (χ3n) is 3.99. The molecule has 0 aromatic heterocycles. The van der Waals surface area contributed by atoms with Gasteiger partial charge in [-0.2, -0.15) is 0 Å². The number of carbonyl (C=O) groups is 1. The molecule has 0 saturated heterocycles. The lowest BCUT2D eigenvalue weighted by Crippen LogP contribution is -2.41. The van der Waals surface area contributed by atoms with Gasteiger partial charge in [-0.25, -0.2) is 0 Å². The fourth-order valence-corrected chi connectivity index (χ4v) is 2.56. The molecule has 1 aromatic carbocycles. The average molecular weight is 268 g/mol. The highest BCUT2D eigenvalue weighted by atomic mass is 35.5. The molecular formula is C14H18ClNO2. The van der Waals surface area contributed by atoms with Crippen molar-refractivity contribution in [2.45, 2.75) is 32.6 Å². The first kappa shape index (κ1) is 13.2. The molecule has 2 rings (SSSR count). The van der Waals surface area contributed by atoms with Crippen LogP contribution in [-0.2, 0) is 0 Å². The molecule has 0 unspecified atom stereocenters. The van der Waals surface area contributed by atoms with E-state index in [9.17, 15) is 9.90 Å². The van der Waals surface area contributed by atoms with E-state index in [0.717, 1.165) is 6.42 Å². The Morgan fingerprint density at radius 1 is 1.50 bits per heavy atom. The van der Waals surface area contributed by atoms with Gasteiger partial charge in [0, 0.05) is 11.6 Å². The monoisotopic (exact) mass is 267 g/mol. The van der Waals surface area contributed by atoms with Crippen LogP contribution in [0.5, 0.6) is 5.75 Å². The summed E-state index contributed by atoms with van der Waals surface area (Å²) < 4.78 is 0. The van der Waals surface area contributed by atoms with Crippen LogP contribution < -0.4 is 5.32 Å². The number of hydrogen-bond acceptors (Lipinski definition) is 2. The number of rotatable bonds is 4. The van der Waals surface area contributed by atoms with Gasteiger partial charge in [-0.3, -0.25) is 4.79 Å². The molecule has 0 spiro atoms. The number of halogens is 1. The lowest BCUT2D eigenvalue weighted by molar-refractivity contribution is 0.0847. The molecule has 0 atom stereocenters. The Kier molecular flexibility index (Phi) is 3.81. The lowest BCUT2D eigenvalue weighted by Gasteiger charge is -2.41. The molecule has 0 heterocycles. The van der Waals surface area contributed by atoms with E-state index in [2.05, 4.69) is 12.2 Å². The Hall–Kier alpha value is -1.22. The first-order valence-corrected chi connectivity index (χ1v) is 6.71. The van der Waals surface area contributed by atoms with E-state index in [1.165, 1.54) is 31.4 Å². The molecule has 3 nitrogen and oxygen atoms in total. The second-order valence-electron chi connectivity index (χ2n) is 5.05. The highest BCUT2D eigenvalue weighted by Gasteiger charge is 2.35. The molecule has 4 heteroatoms. The maximum atomic E-state index is 12.0. The predicted molar refractivity (Wildman–Crippen MR) is 72.0 cm³/mol. The Bertz CT molecular complexity index is 450. The second kappa shape index (κ2) is 5.19. The number of nitrogens with one attached hydrogen (secondary N) is 1. The van der Waals surface area contributed by atoms with Crippen molar-refractivity contribution in [2.24, 2.45) is 5.41 Å². The van der Waals surface area contributed by atoms with Crippen LogP contribution in [0.2, 0.25) is 5.02 Å². The van der Waals surface area contributed by atoms with Gasteiger partial charge in [0.1, 0.15) is 5.75 Å². The first-order valence-electron chi connectivity index (χ1n) is 6.33. The summed E-state index contributed by atoms with van der Waals surface area (Å²) in [5.41, 5.74) is 0.511. The number of amides is 1. The minimum atomic E-state index is -0.255. The van der Waals surface area contributed by atoms with Crippen molar-refractivity contribution in [3.05, 3.63) is 28.8 Å². The average Bonchev–Trinajstić information content (AvgIpc) is 2.31. The number of phenols is 1. The van der Waals surface area contributed by atoms with E-state index in [4.69, 9.17) is 11.6 Å². The molecule has 0 aliphatic heterocycles. The quantitative estimate of drug-likeness (QED) is 0.879. The van der Waals surface area contributed by atoms with E-state index >= 15 is 0 Å². The maximum Gasteiger partial charge on any atom is 0.255 e. The Morgan fingerprint density at radius 3 is 2.78 bits per heavy atom. The van der Waals surface area contributed by atoms with E-state index in [1.807, 2.05) is 0 Å². The molecule has 1 aliphatic carbocycles. The summed E-state index contributed by atoms with van der Waals surface area (Å²) in [5, 5.41) is 13.0. The van der Waals surface area contributed by atoms with Crippen molar-refractivity contribution < 1.29 is 9.90 Å². The summed E-state index contributed by atoms with van der Waals surface area (Å²) in [6, 6.07) is 4.49. The predicted octanol–water partition coefficient (Wildman–Crippen LogP) is 3.36. The topological polar surface area (TPSA) is 49.3 Å². The van der Waals surface area contributed by atoms with Gasteiger partial charge >= 0.3 is 0 Å². The highest BCUT2D eigenvalue weighted by molar-refractivity contribution is 6.31. The van der Waals surface area contributed by atoms with Crippen LogP contribution in [0.25, 0.3) is 0 Å². The maximum absolute atomic E-state index is 12.0. The highest BCUT2D eigenvalue weighted by Crippen LogP contribution is 2.43. The van der Waals surface area contributed by atoms with Gasteiger partial charge < -0.3 is 10.4 Å². The standard InChI is InChI=1S/C14H18ClNO2/c1-2-14(6-3-7-14)9-16-13(18)11-8-10(15)4-5-12(11)17/h4-5,8,17H,2-3,6-7,9H2,1H3,(H,16,18). The van der Waals surface area contributed by atoms with Gasteiger partial charge in [0.15, 0.2) is 0 Å². The zero-order valence-electron chi connectivity index (χ0n) is 10.5. The van der Waals surface area contributed by atoms with Crippen LogP contribution in [0.4, 0.5) is 0 Å². The van der Waals surface area contributed by atoms with Crippen LogP contribution in [-0.4, -0.2) is 17.6 Å². The van der Waals surface area contributed by atoms with Crippen LogP contribution in [0, 0.1) is 5.41 Å². The summed E-state index contributed by atoms with van der Waals surface area (Å²) in [6.45, 7) is 2.83. The number of phenolic OH excluding ortho intramolecular Hbond substituents is 1. The van der Waals surface area contributed by atoms with Gasteiger partial charge in [0.25, 0.3) is 5.91 Å². The number of carbonyl (C=O) groups excluding carboxylic acids is 1. The summed E-state index contributed by atoms with van der Waals surface area (Å²) in [7, 11) is 0. The molecule has 1 amide bonds. The smallest absolute Gasteiger partial charge is 0.255 e. The minimum Gasteiger partial charge on any atom is -0.507 e. The lowest BCUT2D eigenvalue weighted by atomic mass is 9.67. The van der Waals surface area contributed by atoms with Gasteiger partial charge in [0.05, 0.1) is 5.56 Å². The first-order chi connectivity index (χ1) is 8.56. The number of aromatic hydroxyl groups is 1.